The smallest absolute Gasteiger partial charge is 0.239 e. The predicted octanol–water partition coefficient (Wildman–Crippen LogP) is 2.74. The lowest BCUT2D eigenvalue weighted by Gasteiger charge is -2.10. The van der Waals surface area contributed by atoms with Gasteiger partial charge < -0.3 is 9.26 Å². The molecule has 0 aliphatic carbocycles. The number of ether oxygens (including phenoxy) is 1. The number of rotatable bonds is 5. The molecular weight excluding hydrogens is 224 g/mol. The Morgan fingerprint density at radius 3 is 3.06 bits per heavy atom. The van der Waals surface area contributed by atoms with E-state index in [0.717, 1.165) is 24.7 Å². The first kappa shape index (κ1) is 11.9. The lowest BCUT2D eigenvalue weighted by atomic mass is 10.2. The zero-order valence-corrected chi connectivity index (χ0v) is 10.6. The van der Waals surface area contributed by atoms with Crippen LogP contribution < -0.4 is 0 Å². The van der Waals surface area contributed by atoms with E-state index >= 15 is 0 Å². The second-order valence-corrected chi connectivity index (χ2v) is 5.57. The first-order chi connectivity index (χ1) is 7.75. The highest BCUT2D eigenvalue weighted by Gasteiger charge is 2.17. The molecule has 2 heterocycles. The summed E-state index contributed by atoms with van der Waals surface area (Å²) in [5.41, 5.74) is 0. The third kappa shape index (κ3) is 3.22. The second-order valence-electron chi connectivity index (χ2n) is 4.12. The van der Waals surface area contributed by atoms with Crippen molar-refractivity contribution in [3.8, 4) is 0 Å². The van der Waals surface area contributed by atoms with Crippen LogP contribution >= 0.6 is 11.8 Å². The molecule has 0 saturated carbocycles. The molecule has 1 saturated heterocycles. The Labute approximate surface area is 100 Å². The average molecular weight is 242 g/mol. The van der Waals surface area contributed by atoms with Crippen molar-refractivity contribution >= 4 is 11.8 Å². The maximum Gasteiger partial charge on any atom is 0.239 e. The molecule has 2 rings (SSSR count). The fraction of sp³-hybridized carbons (Fsp3) is 0.818. The minimum Gasteiger partial charge on any atom is -0.378 e. The van der Waals surface area contributed by atoms with Gasteiger partial charge in [0.2, 0.25) is 5.89 Å². The molecule has 0 unspecified atom stereocenters. The summed E-state index contributed by atoms with van der Waals surface area (Å²) < 4.78 is 10.7. The van der Waals surface area contributed by atoms with E-state index in [-0.39, 0.29) is 5.25 Å². The predicted molar refractivity (Wildman–Crippen MR) is 63.5 cm³/mol. The summed E-state index contributed by atoms with van der Waals surface area (Å²) >= 11 is 1.85. The molecule has 0 radical (unpaired) electrons. The van der Waals surface area contributed by atoms with Gasteiger partial charge >= 0.3 is 0 Å². The Morgan fingerprint density at radius 2 is 2.44 bits per heavy atom. The van der Waals surface area contributed by atoms with E-state index in [4.69, 9.17) is 9.26 Å². The first-order valence-electron chi connectivity index (χ1n) is 5.79. The minimum absolute atomic E-state index is 0.280. The first-order valence-corrected chi connectivity index (χ1v) is 6.84. The van der Waals surface area contributed by atoms with E-state index in [1.807, 2.05) is 18.7 Å². The standard InChI is InChI=1S/C11H18N2O2S/c1-8(11-12-9(2)13-15-11)16-7-5-10-4-3-6-14-10/h8,10H,3-7H2,1-2H3/t8-,10+/m1/s1. The monoisotopic (exact) mass is 242 g/mol. The molecule has 16 heavy (non-hydrogen) atoms. The molecule has 0 N–H and O–H groups in total. The Hall–Kier alpha value is -0.550. The lowest BCUT2D eigenvalue weighted by molar-refractivity contribution is 0.109. The van der Waals surface area contributed by atoms with E-state index in [9.17, 15) is 0 Å². The van der Waals surface area contributed by atoms with Crippen LogP contribution in [-0.2, 0) is 4.74 Å². The third-order valence-corrected chi connectivity index (χ3v) is 3.90. The van der Waals surface area contributed by atoms with Crippen LogP contribution in [-0.4, -0.2) is 28.6 Å². The van der Waals surface area contributed by atoms with Crippen molar-refractivity contribution in [1.29, 1.82) is 0 Å². The maximum absolute atomic E-state index is 5.58. The molecule has 1 fully saturated rings. The van der Waals surface area contributed by atoms with Crippen molar-refractivity contribution in [2.45, 2.75) is 44.5 Å². The molecule has 2 atom stereocenters. The van der Waals surface area contributed by atoms with Crippen LogP contribution in [0, 0.1) is 6.92 Å². The highest BCUT2D eigenvalue weighted by atomic mass is 32.2. The maximum atomic E-state index is 5.58. The molecule has 0 amide bonds. The second kappa shape index (κ2) is 5.68. The number of nitrogens with zero attached hydrogens (tertiary/aromatic N) is 2. The molecule has 4 nitrogen and oxygen atoms in total. The average Bonchev–Trinajstić information content (AvgIpc) is 2.89. The Bertz CT molecular complexity index is 324. The van der Waals surface area contributed by atoms with E-state index in [1.165, 1.54) is 12.8 Å². The lowest BCUT2D eigenvalue weighted by Crippen LogP contribution is -2.06. The SMILES string of the molecule is Cc1noc([C@@H](C)SCC[C@@H]2CCCO2)n1. The number of hydrogen-bond acceptors (Lipinski definition) is 5. The van der Waals surface area contributed by atoms with Crippen molar-refractivity contribution in [2.24, 2.45) is 0 Å². The number of aromatic nitrogens is 2. The molecule has 0 bridgehead atoms. The summed E-state index contributed by atoms with van der Waals surface area (Å²) in [6, 6.07) is 0. The number of aryl methyl sites for hydroxylation is 1. The normalized spacial score (nSPS) is 22.5. The highest BCUT2D eigenvalue weighted by Crippen LogP contribution is 2.28. The molecule has 90 valence electrons. The van der Waals surface area contributed by atoms with Gasteiger partial charge in [-0.05, 0) is 38.9 Å². The molecule has 0 spiro atoms. The summed E-state index contributed by atoms with van der Waals surface area (Å²) in [6.45, 7) is 4.89. The summed E-state index contributed by atoms with van der Waals surface area (Å²) in [7, 11) is 0. The van der Waals surface area contributed by atoms with E-state index < -0.39 is 0 Å². The zero-order valence-electron chi connectivity index (χ0n) is 9.81. The van der Waals surface area contributed by atoms with Crippen LogP contribution in [0.15, 0.2) is 4.52 Å². The van der Waals surface area contributed by atoms with E-state index in [0.29, 0.717) is 11.9 Å². The molecular formula is C11H18N2O2S. The fourth-order valence-electron chi connectivity index (χ4n) is 1.80. The van der Waals surface area contributed by atoms with Crippen molar-refractivity contribution in [1.82, 2.24) is 10.1 Å². The number of hydrogen-bond donors (Lipinski definition) is 0. The van der Waals surface area contributed by atoms with Gasteiger partial charge in [-0.2, -0.15) is 4.98 Å². The van der Waals surface area contributed by atoms with Crippen LogP contribution in [0.25, 0.3) is 0 Å². The van der Waals surface area contributed by atoms with Gasteiger partial charge in [-0.1, -0.05) is 5.16 Å². The van der Waals surface area contributed by atoms with Gasteiger partial charge in [-0.15, -0.1) is 11.8 Å². The Balaban J connectivity index is 1.69. The van der Waals surface area contributed by atoms with Crippen LogP contribution in [0.4, 0.5) is 0 Å². The Kier molecular flexibility index (Phi) is 4.23. The van der Waals surface area contributed by atoms with E-state index in [2.05, 4.69) is 17.1 Å². The van der Waals surface area contributed by atoms with Gasteiger partial charge in [0.1, 0.15) is 0 Å². The molecule has 1 aromatic rings. The molecule has 1 aliphatic rings. The largest absolute Gasteiger partial charge is 0.378 e. The summed E-state index contributed by atoms with van der Waals surface area (Å²) in [5, 5.41) is 4.08. The van der Waals surface area contributed by atoms with Crippen molar-refractivity contribution in [3.63, 3.8) is 0 Å². The fourth-order valence-corrected chi connectivity index (χ4v) is 2.79. The van der Waals surface area contributed by atoms with Gasteiger partial charge in [-0.25, -0.2) is 0 Å². The van der Waals surface area contributed by atoms with Crippen molar-refractivity contribution in [3.05, 3.63) is 11.7 Å². The zero-order chi connectivity index (χ0) is 11.4. The van der Waals surface area contributed by atoms with Gasteiger partial charge in [0, 0.05) is 6.61 Å². The van der Waals surface area contributed by atoms with Crippen molar-refractivity contribution in [2.75, 3.05) is 12.4 Å². The third-order valence-electron chi connectivity index (χ3n) is 2.72. The van der Waals surface area contributed by atoms with Gasteiger partial charge in [0.15, 0.2) is 5.82 Å². The molecule has 1 aliphatic heterocycles. The highest BCUT2D eigenvalue weighted by molar-refractivity contribution is 7.99. The van der Waals surface area contributed by atoms with Crippen molar-refractivity contribution < 1.29 is 9.26 Å². The van der Waals surface area contributed by atoms with Gasteiger partial charge in [-0.3, -0.25) is 0 Å². The van der Waals surface area contributed by atoms with Gasteiger partial charge in [0.25, 0.3) is 0 Å². The minimum atomic E-state index is 0.280. The summed E-state index contributed by atoms with van der Waals surface area (Å²) in [6.07, 6.45) is 4.04. The van der Waals surface area contributed by atoms with Crippen LogP contribution in [0.5, 0.6) is 0 Å². The quantitative estimate of drug-likeness (QED) is 0.794. The van der Waals surface area contributed by atoms with E-state index in [1.54, 1.807) is 0 Å². The van der Waals surface area contributed by atoms with Crippen LogP contribution in [0.3, 0.4) is 0 Å². The van der Waals surface area contributed by atoms with Crippen LogP contribution in [0.1, 0.15) is 43.2 Å². The molecule has 0 aromatic carbocycles. The summed E-state index contributed by atoms with van der Waals surface area (Å²) in [4.78, 5) is 4.23. The molecule has 1 aromatic heterocycles. The summed E-state index contributed by atoms with van der Waals surface area (Å²) in [5.74, 6) is 2.53. The van der Waals surface area contributed by atoms with Gasteiger partial charge in [0.05, 0.1) is 11.4 Å². The molecule has 5 heteroatoms. The van der Waals surface area contributed by atoms with Crippen LogP contribution in [0.2, 0.25) is 0 Å². The topological polar surface area (TPSA) is 48.2 Å². The Morgan fingerprint density at radius 1 is 1.56 bits per heavy atom. The number of thioether (sulfide) groups is 1.